The van der Waals surface area contributed by atoms with Crippen LogP contribution < -0.4 is 19.5 Å². The molecule has 1 saturated carbocycles. The molecule has 4 atom stereocenters. The molecule has 2 N–H and O–H groups in total. The van der Waals surface area contributed by atoms with Crippen molar-refractivity contribution < 1.29 is 32.2 Å². The second-order valence-corrected chi connectivity index (χ2v) is 10.2. The van der Waals surface area contributed by atoms with Crippen LogP contribution in [-0.4, -0.2) is 52.2 Å². The van der Waals surface area contributed by atoms with Crippen molar-refractivity contribution >= 4 is 21.9 Å². The van der Waals surface area contributed by atoms with Gasteiger partial charge in [-0.05, 0) is 37.3 Å². The quantitative estimate of drug-likeness (QED) is 0.560. The molecule has 3 rings (SSSR count). The van der Waals surface area contributed by atoms with E-state index < -0.39 is 22.1 Å². The Morgan fingerprint density at radius 1 is 1.16 bits per heavy atom. The fraction of sp³-hybridized carbons (Fsp3) is 0.636. The van der Waals surface area contributed by atoms with Crippen LogP contribution in [0.2, 0.25) is 0 Å². The van der Waals surface area contributed by atoms with Crippen molar-refractivity contribution in [2.75, 3.05) is 19.8 Å². The summed E-state index contributed by atoms with van der Waals surface area (Å²) in [5.41, 5.74) is 0. The van der Waals surface area contributed by atoms with E-state index in [4.69, 9.17) is 14.2 Å². The normalized spacial score (nSPS) is 23.8. The first kappa shape index (κ1) is 24.3. The third kappa shape index (κ3) is 6.13. The van der Waals surface area contributed by atoms with Crippen molar-refractivity contribution in [3.8, 4) is 11.5 Å². The Balaban J connectivity index is 1.44. The predicted octanol–water partition coefficient (Wildman–Crippen LogP) is 2.00. The van der Waals surface area contributed by atoms with Crippen LogP contribution in [0.25, 0.3) is 0 Å². The highest BCUT2D eigenvalue weighted by atomic mass is 32.2. The fourth-order valence-electron chi connectivity index (χ4n) is 3.96. The standard InChI is InChI=1S/C22H32N2O7S/c1-14-5-4-6-18(15(14)2)24-22(26)16(3)31-21(25)9-10-23-32(27,28)17-7-8-19-20(13-17)30-12-11-29-19/h7-8,13-16,18,23H,4-6,9-12H2,1-3H3,(H,24,26)/t14-,15+,16-,18+/m1/s1. The Hall–Kier alpha value is -2.33. The summed E-state index contributed by atoms with van der Waals surface area (Å²) in [4.78, 5) is 24.5. The first-order valence-corrected chi connectivity index (χ1v) is 12.5. The first-order chi connectivity index (χ1) is 15.2. The van der Waals surface area contributed by atoms with Gasteiger partial charge in [0.2, 0.25) is 10.0 Å². The van der Waals surface area contributed by atoms with Crippen molar-refractivity contribution in [1.29, 1.82) is 0 Å². The number of sulfonamides is 1. The minimum atomic E-state index is -3.84. The lowest BCUT2D eigenvalue weighted by Crippen LogP contribution is -2.47. The topological polar surface area (TPSA) is 120 Å². The average molecular weight is 469 g/mol. The molecule has 0 unspecified atom stereocenters. The summed E-state index contributed by atoms with van der Waals surface area (Å²) in [5.74, 6) is 0.770. The summed E-state index contributed by atoms with van der Waals surface area (Å²) >= 11 is 0. The van der Waals surface area contributed by atoms with Gasteiger partial charge in [-0.3, -0.25) is 9.59 Å². The number of hydrogen-bond acceptors (Lipinski definition) is 7. The zero-order valence-corrected chi connectivity index (χ0v) is 19.6. The maximum Gasteiger partial charge on any atom is 0.307 e. The van der Waals surface area contributed by atoms with Crippen molar-refractivity contribution in [1.82, 2.24) is 10.0 Å². The number of amides is 1. The molecule has 1 heterocycles. The molecule has 1 aliphatic heterocycles. The Kier molecular flexibility index (Phi) is 8.00. The van der Waals surface area contributed by atoms with Gasteiger partial charge in [0, 0.05) is 18.7 Å². The lowest BCUT2D eigenvalue weighted by Gasteiger charge is -2.35. The number of carbonyl (C=O) groups excluding carboxylic acids is 2. The van der Waals surface area contributed by atoms with Gasteiger partial charge in [0.25, 0.3) is 5.91 Å². The largest absolute Gasteiger partial charge is 0.486 e. The molecular formula is C22H32N2O7S. The molecule has 0 bridgehead atoms. The number of fused-ring (bicyclic) bond motifs is 1. The minimum absolute atomic E-state index is 0.0127. The van der Waals surface area contributed by atoms with Crippen molar-refractivity contribution in [2.24, 2.45) is 11.8 Å². The van der Waals surface area contributed by atoms with Gasteiger partial charge in [-0.1, -0.05) is 26.7 Å². The van der Waals surface area contributed by atoms with Crippen molar-refractivity contribution in [3.63, 3.8) is 0 Å². The van der Waals surface area contributed by atoms with Crippen LogP contribution in [0.4, 0.5) is 0 Å². The molecule has 0 saturated heterocycles. The molecule has 2 aliphatic rings. The van der Waals surface area contributed by atoms with Crippen molar-refractivity contribution in [2.45, 2.75) is 63.5 Å². The Bertz CT molecular complexity index is 934. The molecule has 1 aliphatic carbocycles. The lowest BCUT2D eigenvalue weighted by atomic mass is 9.78. The summed E-state index contributed by atoms with van der Waals surface area (Å²) in [7, 11) is -3.84. The Morgan fingerprint density at radius 3 is 2.62 bits per heavy atom. The SMILES string of the molecule is C[C@H]1[C@H](C)CCC[C@@H]1NC(=O)[C@@H](C)OC(=O)CCNS(=O)(=O)c1ccc2c(c1)OCCO2. The van der Waals surface area contributed by atoms with E-state index in [9.17, 15) is 18.0 Å². The van der Waals surface area contributed by atoms with Gasteiger partial charge < -0.3 is 19.5 Å². The highest BCUT2D eigenvalue weighted by molar-refractivity contribution is 7.89. The lowest BCUT2D eigenvalue weighted by molar-refractivity contribution is -0.155. The van der Waals surface area contributed by atoms with E-state index in [1.165, 1.54) is 25.1 Å². The zero-order chi connectivity index (χ0) is 23.3. The zero-order valence-electron chi connectivity index (χ0n) is 18.8. The van der Waals surface area contributed by atoms with Crippen LogP contribution in [0.3, 0.4) is 0 Å². The summed E-state index contributed by atoms with van der Waals surface area (Å²) in [6, 6.07) is 4.40. The van der Waals surface area contributed by atoms with Crippen LogP contribution in [0, 0.1) is 11.8 Å². The summed E-state index contributed by atoms with van der Waals surface area (Å²) in [6.45, 7) is 6.43. The highest BCUT2D eigenvalue weighted by Crippen LogP contribution is 2.32. The van der Waals surface area contributed by atoms with Crippen LogP contribution in [-0.2, 0) is 24.3 Å². The fourth-order valence-corrected chi connectivity index (χ4v) is 5.00. The van der Waals surface area contributed by atoms with Gasteiger partial charge >= 0.3 is 5.97 Å². The molecule has 1 fully saturated rings. The van der Waals surface area contributed by atoms with Crippen LogP contribution in [0.15, 0.2) is 23.1 Å². The van der Waals surface area contributed by atoms with Gasteiger partial charge in [0.15, 0.2) is 17.6 Å². The van der Waals surface area contributed by atoms with Gasteiger partial charge in [0.1, 0.15) is 13.2 Å². The molecule has 0 radical (unpaired) electrons. The maximum absolute atomic E-state index is 12.5. The maximum atomic E-state index is 12.5. The molecule has 1 aromatic carbocycles. The first-order valence-electron chi connectivity index (χ1n) is 11.1. The number of nitrogens with one attached hydrogen (secondary N) is 2. The number of benzene rings is 1. The molecule has 0 aromatic heterocycles. The summed E-state index contributed by atoms with van der Waals surface area (Å²) in [5, 5.41) is 2.98. The molecule has 178 valence electrons. The molecule has 1 amide bonds. The number of esters is 1. The van der Waals surface area contributed by atoms with Crippen molar-refractivity contribution in [3.05, 3.63) is 18.2 Å². The van der Waals surface area contributed by atoms with E-state index in [2.05, 4.69) is 23.9 Å². The van der Waals surface area contributed by atoms with Gasteiger partial charge in [0.05, 0.1) is 11.3 Å². The van der Waals surface area contributed by atoms with Crippen LogP contribution in [0.1, 0.15) is 46.5 Å². The van der Waals surface area contributed by atoms with E-state index in [0.717, 1.165) is 19.3 Å². The Morgan fingerprint density at radius 2 is 1.88 bits per heavy atom. The average Bonchev–Trinajstić information content (AvgIpc) is 2.76. The van der Waals surface area contributed by atoms with Crippen LogP contribution >= 0.6 is 0 Å². The van der Waals surface area contributed by atoms with E-state index in [1.807, 2.05) is 0 Å². The molecule has 0 spiro atoms. The third-order valence-electron chi connectivity index (χ3n) is 6.16. The molecule has 9 nitrogen and oxygen atoms in total. The number of carbonyl (C=O) groups is 2. The number of ether oxygens (including phenoxy) is 3. The van der Waals surface area contributed by atoms with Gasteiger partial charge in [-0.2, -0.15) is 0 Å². The van der Waals surface area contributed by atoms with E-state index >= 15 is 0 Å². The smallest absolute Gasteiger partial charge is 0.307 e. The van der Waals surface area contributed by atoms with Gasteiger partial charge in [-0.25, -0.2) is 13.1 Å². The monoisotopic (exact) mass is 468 g/mol. The van der Waals surface area contributed by atoms with E-state index in [0.29, 0.717) is 36.5 Å². The number of rotatable bonds is 8. The highest BCUT2D eigenvalue weighted by Gasteiger charge is 2.30. The Labute approximate surface area is 189 Å². The molecule has 1 aromatic rings. The predicted molar refractivity (Wildman–Crippen MR) is 117 cm³/mol. The van der Waals surface area contributed by atoms with E-state index in [-0.39, 0.29) is 29.8 Å². The summed E-state index contributed by atoms with van der Waals surface area (Å²) < 4.78 is 43.3. The minimum Gasteiger partial charge on any atom is -0.486 e. The molecular weight excluding hydrogens is 436 g/mol. The summed E-state index contributed by atoms with van der Waals surface area (Å²) in [6.07, 6.45) is 1.99. The molecule has 32 heavy (non-hydrogen) atoms. The molecule has 10 heteroatoms. The number of hydrogen-bond donors (Lipinski definition) is 2. The third-order valence-corrected chi connectivity index (χ3v) is 7.62. The van der Waals surface area contributed by atoms with E-state index in [1.54, 1.807) is 0 Å². The van der Waals surface area contributed by atoms with Gasteiger partial charge in [-0.15, -0.1) is 0 Å². The van der Waals surface area contributed by atoms with Crippen LogP contribution in [0.5, 0.6) is 11.5 Å². The second-order valence-electron chi connectivity index (χ2n) is 8.47. The second kappa shape index (κ2) is 10.5.